The highest BCUT2D eigenvalue weighted by Gasteiger charge is 2.33. The van der Waals surface area contributed by atoms with Crippen molar-refractivity contribution in [3.8, 4) is 0 Å². The van der Waals surface area contributed by atoms with Gasteiger partial charge in [0.25, 0.3) is 0 Å². The van der Waals surface area contributed by atoms with Gasteiger partial charge < -0.3 is 10.2 Å². The topological polar surface area (TPSA) is 99.6 Å². The third kappa shape index (κ3) is 10.4. The Morgan fingerprint density at radius 3 is 2.56 bits per heavy atom. The number of carbonyl (C=O) groups is 2. The number of hydrogen-bond acceptors (Lipinski definition) is 6. The van der Waals surface area contributed by atoms with Crippen molar-refractivity contribution in [1.29, 1.82) is 0 Å². The number of nitrogens with zero attached hydrogens (tertiary/aromatic N) is 4. The molecule has 8 nitrogen and oxygen atoms in total. The van der Waals surface area contributed by atoms with Crippen LogP contribution in [0.15, 0.2) is 29.3 Å². The fourth-order valence-corrected chi connectivity index (χ4v) is 5.54. The Morgan fingerprint density at radius 1 is 1.18 bits per heavy atom. The molecule has 1 heterocycles. The Balaban J connectivity index is 1.66. The van der Waals surface area contributed by atoms with Crippen LogP contribution >= 0.6 is 11.3 Å². The summed E-state index contributed by atoms with van der Waals surface area (Å²) in [6.07, 6.45) is 7.24. The molecule has 1 fully saturated rings. The number of anilines is 1. The molecule has 3 rings (SSSR count). The third-order valence-electron chi connectivity index (χ3n) is 7.07. The van der Waals surface area contributed by atoms with Crippen molar-refractivity contribution in [3.63, 3.8) is 0 Å². The number of aromatic nitrogens is 2. The van der Waals surface area contributed by atoms with Crippen LogP contribution in [0.25, 0.3) is 0 Å². The maximum atomic E-state index is 13.3. The molecular weight excluding hydrogens is 515 g/mol. The number of rotatable bonds is 11. The highest BCUT2D eigenvalue weighted by molar-refractivity contribution is 7.15. The van der Waals surface area contributed by atoms with Crippen LogP contribution in [0.1, 0.15) is 70.4 Å². The number of amides is 3. The number of benzene rings is 1. The van der Waals surface area contributed by atoms with Gasteiger partial charge in [0.2, 0.25) is 11.0 Å². The van der Waals surface area contributed by atoms with Gasteiger partial charge in [0.1, 0.15) is 10.8 Å². The summed E-state index contributed by atoms with van der Waals surface area (Å²) in [7, 11) is 0. The highest BCUT2D eigenvalue weighted by Crippen LogP contribution is 2.31. The summed E-state index contributed by atoms with van der Waals surface area (Å²) in [5.41, 5.74) is 0.695. The maximum Gasteiger partial charge on any atom is 0.346 e. The van der Waals surface area contributed by atoms with Crippen LogP contribution in [0.4, 0.5) is 14.3 Å². The van der Waals surface area contributed by atoms with Crippen LogP contribution in [0.5, 0.6) is 0 Å². The van der Waals surface area contributed by atoms with E-state index >= 15 is 0 Å². The minimum atomic E-state index is -0.447. The lowest BCUT2D eigenvalue weighted by Gasteiger charge is -2.38. The van der Waals surface area contributed by atoms with Gasteiger partial charge in [-0.05, 0) is 88.1 Å². The van der Waals surface area contributed by atoms with Gasteiger partial charge in [-0.2, -0.15) is 0 Å². The molecule has 2 aromatic rings. The normalized spacial score (nSPS) is 19.9. The SMILES string of the molecule is CCCN(CCCc1ccc(F)cc1)C[C@@H]1C[C@H](NC(=O)C(C)(C)C)CCC1/C=N/C(=O)Nc1nnc(C)s1. The summed E-state index contributed by atoms with van der Waals surface area (Å²) in [6.45, 7) is 12.6. The largest absolute Gasteiger partial charge is 0.353 e. The first-order chi connectivity index (χ1) is 18.5. The van der Waals surface area contributed by atoms with E-state index in [0.29, 0.717) is 5.13 Å². The second kappa shape index (κ2) is 14.6. The van der Waals surface area contributed by atoms with Crippen LogP contribution < -0.4 is 10.6 Å². The molecule has 3 atom stereocenters. The lowest BCUT2D eigenvalue weighted by Crippen LogP contribution is -2.47. The Bertz CT molecular complexity index is 1100. The van der Waals surface area contributed by atoms with Crippen LogP contribution in [0, 0.1) is 30.0 Å². The number of aliphatic imine (C=N–C) groups is 1. The zero-order chi connectivity index (χ0) is 28.4. The number of aryl methyl sites for hydroxylation is 2. The first-order valence-corrected chi connectivity index (χ1v) is 14.8. The first-order valence-electron chi connectivity index (χ1n) is 14.0. The van der Waals surface area contributed by atoms with Crippen molar-refractivity contribution < 1.29 is 14.0 Å². The van der Waals surface area contributed by atoms with Gasteiger partial charge in [-0.25, -0.2) is 14.2 Å². The Labute approximate surface area is 235 Å². The van der Waals surface area contributed by atoms with Gasteiger partial charge in [-0.1, -0.05) is 51.2 Å². The Kier molecular flexibility index (Phi) is 11.5. The molecule has 0 saturated heterocycles. The minimum absolute atomic E-state index is 0.0646. The van der Waals surface area contributed by atoms with Crippen LogP contribution in [0.3, 0.4) is 0 Å². The second-order valence-electron chi connectivity index (χ2n) is 11.5. The standard InChI is InChI=1S/C29H43FN6O2S/c1-6-15-36(16-7-8-21-9-12-24(30)13-10-21)19-23-17-25(32-26(37)29(3,4)5)14-11-22(23)18-31-27(38)33-28-35-34-20(2)39-28/h9-10,12-13,18,22-23,25H,6-8,11,14-17,19H2,1-5H3,(H,32,37)(H,33,35,38)/b31-18+/t22?,23-,25+/m0/s1. The average Bonchev–Trinajstić information content (AvgIpc) is 3.28. The van der Waals surface area contributed by atoms with Crippen LogP contribution in [0.2, 0.25) is 0 Å². The zero-order valence-electron chi connectivity index (χ0n) is 23.9. The van der Waals surface area contributed by atoms with Crippen molar-refractivity contribution in [2.24, 2.45) is 22.2 Å². The van der Waals surface area contributed by atoms with Crippen molar-refractivity contribution in [1.82, 2.24) is 20.4 Å². The highest BCUT2D eigenvalue weighted by atomic mass is 32.1. The molecule has 0 spiro atoms. The molecule has 1 aromatic heterocycles. The predicted octanol–water partition coefficient (Wildman–Crippen LogP) is 5.88. The lowest BCUT2D eigenvalue weighted by atomic mass is 9.76. The minimum Gasteiger partial charge on any atom is -0.353 e. The van der Waals surface area contributed by atoms with Crippen molar-refractivity contribution in [3.05, 3.63) is 40.7 Å². The molecule has 0 bridgehead atoms. The van der Waals surface area contributed by atoms with Gasteiger partial charge in [0, 0.05) is 24.2 Å². The van der Waals surface area contributed by atoms with Gasteiger partial charge in [0.15, 0.2) is 0 Å². The molecule has 1 unspecified atom stereocenters. The summed E-state index contributed by atoms with van der Waals surface area (Å²) in [4.78, 5) is 31.8. The maximum absolute atomic E-state index is 13.3. The lowest BCUT2D eigenvalue weighted by molar-refractivity contribution is -0.129. The van der Waals surface area contributed by atoms with E-state index in [4.69, 9.17) is 0 Å². The van der Waals surface area contributed by atoms with Crippen molar-refractivity contribution in [2.45, 2.75) is 79.2 Å². The number of halogens is 1. The first kappa shape index (κ1) is 30.8. The van der Waals surface area contributed by atoms with Gasteiger partial charge in [0.05, 0.1) is 0 Å². The molecule has 0 aliphatic heterocycles. The van der Waals surface area contributed by atoms with E-state index in [0.717, 1.165) is 68.7 Å². The summed E-state index contributed by atoms with van der Waals surface area (Å²) in [6, 6.07) is 6.39. The smallest absolute Gasteiger partial charge is 0.346 e. The van der Waals surface area contributed by atoms with Crippen LogP contribution in [-0.4, -0.2) is 58.9 Å². The van der Waals surface area contributed by atoms with E-state index < -0.39 is 11.4 Å². The molecule has 1 aliphatic carbocycles. The molecule has 0 radical (unpaired) electrons. The molecular formula is C29H43FN6O2S. The summed E-state index contributed by atoms with van der Waals surface area (Å²) in [5, 5.41) is 15.0. The molecule has 3 amide bonds. The van der Waals surface area contributed by atoms with E-state index in [1.807, 2.05) is 39.8 Å². The van der Waals surface area contributed by atoms with Crippen LogP contribution in [-0.2, 0) is 11.2 Å². The van der Waals surface area contributed by atoms with Crippen molar-refractivity contribution in [2.75, 3.05) is 25.0 Å². The van der Waals surface area contributed by atoms with E-state index in [1.54, 1.807) is 6.21 Å². The molecule has 1 aromatic carbocycles. The fraction of sp³-hybridized carbons (Fsp3) is 0.621. The van der Waals surface area contributed by atoms with Crippen molar-refractivity contribution >= 4 is 34.6 Å². The zero-order valence-corrected chi connectivity index (χ0v) is 24.7. The number of urea groups is 1. The molecule has 2 N–H and O–H groups in total. The van der Waals surface area contributed by atoms with Gasteiger partial charge in [-0.3, -0.25) is 10.1 Å². The van der Waals surface area contributed by atoms with Gasteiger partial charge >= 0.3 is 6.03 Å². The second-order valence-corrected chi connectivity index (χ2v) is 12.7. The molecule has 10 heteroatoms. The van der Waals surface area contributed by atoms with Gasteiger partial charge in [-0.15, -0.1) is 10.2 Å². The molecule has 1 aliphatic rings. The Morgan fingerprint density at radius 2 is 1.92 bits per heavy atom. The predicted molar refractivity (Wildman–Crippen MR) is 156 cm³/mol. The number of carbonyl (C=O) groups excluding carboxylic acids is 2. The quantitative estimate of drug-likeness (QED) is 0.336. The summed E-state index contributed by atoms with van der Waals surface area (Å²) < 4.78 is 13.3. The molecule has 39 heavy (non-hydrogen) atoms. The molecule has 1 saturated carbocycles. The average molecular weight is 559 g/mol. The number of nitrogens with one attached hydrogen (secondary N) is 2. The third-order valence-corrected chi connectivity index (χ3v) is 7.82. The fourth-order valence-electron chi connectivity index (χ4n) is 4.96. The molecule has 214 valence electrons. The van der Waals surface area contributed by atoms with E-state index in [9.17, 15) is 14.0 Å². The van der Waals surface area contributed by atoms with E-state index in [1.165, 1.54) is 23.5 Å². The number of hydrogen-bond donors (Lipinski definition) is 2. The van der Waals surface area contributed by atoms with E-state index in [2.05, 4.69) is 37.6 Å². The summed E-state index contributed by atoms with van der Waals surface area (Å²) in [5.74, 6) is 0.235. The summed E-state index contributed by atoms with van der Waals surface area (Å²) >= 11 is 1.31. The monoisotopic (exact) mass is 558 g/mol. The van der Waals surface area contributed by atoms with E-state index in [-0.39, 0.29) is 29.6 Å². The Hall–Kier alpha value is -2.72.